The summed E-state index contributed by atoms with van der Waals surface area (Å²) in [4.78, 5) is 5.13. The summed E-state index contributed by atoms with van der Waals surface area (Å²) in [5.74, 6) is 0.860. The van der Waals surface area contributed by atoms with E-state index >= 15 is 0 Å². The summed E-state index contributed by atoms with van der Waals surface area (Å²) in [7, 11) is 0. The van der Waals surface area contributed by atoms with Gasteiger partial charge in [0.15, 0.2) is 0 Å². The Balaban J connectivity index is 1.51. The minimum absolute atomic E-state index is 0.771. The maximum Gasteiger partial charge on any atom is 0.0600 e. The van der Waals surface area contributed by atoms with E-state index in [1.165, 1.54) is 62.9 Å². The fraction of sp³-hybridized carbons (Fsp3) is 0.714. The molecule has 2 heterocycles. The summed E-state index contributed by atoms with van der Waals surface area (Å²) in [6.07, 6.45) is 9.11. The van der Waals surface area contributed by atoms with E-state index in [1.54, 1.807) is 0 Å². The normalized spacial score (nSPS) is 23.6. The van der Waals surface area contributed by atoms with Crippen molar-refractivity contribution in [3.8, 4) is 0 Å². The lowest BCUT2D eigenvalue weighted by Gasteiger charge is -2.33. The van der Waals surface area contributed by atoms with Crippen molar-refractivity contribution >= 4 is 11.4 Å². The van der Waals surface area contributed by atoms with Gasteiger partial charge < -0.3 is 15.5 Å². The molecule has 0 amide bonds. The summed E-state index contributed by atoms with van der Waals surface area (Å²) in [5.41, 5.74) is 9.98. The Bertz CT molecular complexity index is 520. The van der Waals surface area contributed by atoms with Crippen molar-refractivity contribution in [1.82, 2.24) is 4.90 Å². The minimum atomic E-state index is 0.771. The van der Waals surface area contributed by atoms with Crippen molar-refractivity contribution in [2.45, 2.75) is 64.8 Å². The minimum Gasteiger partial charge on any atom is -0.397 e. The van der Waals surface area contributed by atoms with E-state index < -0.39 is 0 Å². The van der Waals surface area contributed by atoms with Gasteiger partial charge >= 0.3 is 0 Å². The predicted molar refractivity (Wildman–Crippen MR) is 105 cm³/mol. The summed E-state index contributed by atoms with van der Waals surface area (Å²) < 4.78 is 0. The van der Waals surface area contributed by atoms with Gasteiger partial charge in [0.25, 0.3) is 0 Å². The Hall–Kier alpha value is -1.22. The number of nitrogens with zero attached hydrogens (tertiary/aromatic N) is 2. The molecule has 134 valence electrons. The highest BCUT2D eigenvalue weighted by Gasteiger charge is 2.19. The molecule has 3 rings (SSSR count). The molecule has 0 aromatic heterocycles. The second-order valence-electron chi connectivity index (χ2n) is 8.05. The Morgan fingerprint density at radius 1 is 1.04 bits per heavy atom. The van der Waals surface area contributed by atoms with Crippen LogP contribution in [-0.4, -0.2) is 37.1 Å². The van der Waals surface area contributed by atoms with E-state index in [9.17, 15) is 0 Å². The smallest absolute Gasteiger partial charge is 0.0600 e. The standard InChI is InChI=1S/C21H35N3/c1-17-10-14-24(15-11-17)21-9-8-19(16-20(21)22)7-5-13-23-12-4-3-6-18(23)2/h8-9,16-18H,3-7,10-15,22H2,1-2H3. The zero-order valence-electron chi connectivity index (χ0n) is 15.6. The number of aryl methyl sites for hydroxylation is 1. The molecule has 0 radical (unpaired) electrons. The van der Waals surface area contributed by atoms with Crippen LogP contribution in [0.1, 0.15) is 57.9 Å². The third kappa shape index (κ3) is 4.44. The second kappa shape index (κ2) is 8.24. The van der Waals surface area contributed by atoms with E-state index in [0.29, 0.717) is 0 Å². The Morgan fingerprint density at radius 3 is 2.54 bits per heavy atom. The van der Waals surface area contributed by atoms with Crippen LogP contribution in [0.25, 0.3) is 0 Å². The molecule has 2 fully saturated rings. The second-order valence-corrected chi connectivity index (χ2v) is 8.05. The lowest BCUT2D eigenvalue weighted by atomic mass is 9.98. The van der Waals surface area contributed by atoms with Crippen molar-refractivity contribution in [1.29, 1.82) is 0 Å². The van der Waals surface area contributed by atoms with Crippen LogP contribution in [-0.2, 0) is 6.42 Å². The van der Waals surface area contributed by atoms with Crippen molar-refractivity contribution in [3.05, 3.63) is 23.8 Å². The van der Waals surface area contributed by atoms with Gasteiger partial charge in [-0.15, -0.1) is 0 Å². The number of benzene rings is 1. The molecule has 2 N–H and O–H groups in total. The van der Waals surface area contributed by atoms with Gasteiger partial charge in [-0.1, -0.05) is 19.4 Å². The molecule has 0 spiro atoms. The molecule has 0 aliphatic carbocycles. The van der Waals surface area contributed by atoms with E-state index in [-0.39, 0.29) is 0 Å². The van der Waals surface area contributed by atoms with Gasteiger partial charge in [0.1, 0.15) is 0 Å². The van der Waals surface area contributed by atoms with Crippen molar-refractivity contribution < 1.29 is 0 Å². The molecule has 1 aromatic rings. The van der Waals surface area contributed by atoms with E-state index in [2.05, 4.69) is 41.8 Å². The zero-order valence-corrected chi connectivity index (χ0v) is 15.6. The van der Waals surface area contributed by atoms with Crippen LogP contribution in [0, 0.1) is 5.92 Å². The number of piperidine rings is 2. The molecule has 1 aromatic carbocycles. The first kappa shape index (κ1) is 17.6. The highest BCUT2D eigenvalue weighted by atomic mass is 15.2. The molecular formula is C21H35N3. The Labute approximate surface area is 148 Å². The van der Waals surface area contributed by atoms with Crippen molar-refractivity contribution in [2.75, 3.05) is 36.8 Å². The topological polar surface area (TPSA) is 32.5 Å². The van der Waals surface area contributed by atoms with Crippen LogP contribution in [0.2, 0.25) is 0 Å². The Morgan fingerprint density at radius 2 is 1.83 bits per heavy atom. The number of hydrogen-bond donors (Lipinski definition) is 1. The fourth-order valence-electron chi connectivity index (χ4n) is 4.27. The first-order valence-corrected chi connectivity index (χ1v) is 10.0. The van der Waals surface area contributed by atoms with Crippen LogP contribution < -0.4 is 10.6 Å². The van der Waals surface area contributed by atoms with E-state index in [1.807, 2.05) is 0 Å². The van der Waals surface area contributed by atoms with Gasteiger partial charge in [0.2, 0.25) is 0 Å². The maximum atomic E-state index is 6.37. The SMILES string of the molecule is CC1CCN(c2ccc(CCCN3CCCCC3C)cc2N)CC1. The molecule has 3 nitrogen and oxygen atoms in total. The number of likely N-dealkylation sites (tertiary alicyclic amines) is 1. The molecule has 3 heteroatoms. The molecule has 0 bridgehead atoms. The number of rotatable bonds is 5. The monoisotopic (exact) mass is 329 g/mol. The number of nitrogens with two attached hydrogens (primary N) is 1. The van der Waals surface area contributed by atoms with Crippen LogP contribution in [0.3, 0.4) is 0 Å². The largest absolute Gasteiger partial charge is 0.397 e. The molecule has 2 saturated heterocycles. The summed E-state index contributed by atoms with van der Waals surface area (Å²) in [6, 6.07) is 7.54. The predicted octanol–water partition coefficient (Wildman–Crippen LogP) is 4.31. The van der Waals surface area contributed by atoms with E-state index in [0.717, 1.165) is 37.2 Å². The lowest BCUT2D eigenvalue weighted by Crippen LogP contribution is -2.38. The van der Waals surface area contributed by atoms with Crippen molar-refractivity contribution in [3.63, 3.8) is 0 Å². The summed E-state index contributed by atoms with van der Waals surface area (Å²) >= 11 is 0. The van der Waals surface area contributed by atoms with Crippen LogP contribution in [0.4, 0.5) is 11.4 Å². The lowest BCUT2D eigenvalue weighted by molar-refractivity contribution is 0.159. The maximum absolute atomic E-state index is 6.37. The fourth-order valence-corrected chi connectivity index (χ4v) is 4.27. The average Bonchev–Trinajstić information content (AvgIpc) is 2.58. The van der Waals surface area contributed by atoms with Gasteiger partial charge in [-0.25, -0.2) is 0 Å². The summed E-state index contributed by atoms with van der Waals surface area (Å²) in [6.45, 7) is 9.55. The zero-order chi connectivity index (χ0) is 16.9. The van der Waals surface area contributed by atoms with Crippen LogP contribution >= 0.6 is 0 Å². The Kier molecular flexibility index (Phi) is 6.04. The number of anilines is 2. The van der Waals surface area contributed by atoms with Crippen LogP contribution in [0.15, 0.2) is 18.2 Å². The third-order valence-corrected chi connectivity index (χ3v) is 6.07. The van der Waals surface area contributed by atoms with Gasteiger partial charge in [0, 0.05) is 19.1 Å². The van der Waals surface area contributed by atoms with Gasteiger partial charge in [-0.3, -0.25) is 0 Å². The highest BCUT2D eigenvalue weighted by molar-refractivity contribution is 5.68. The number of hydrogen-bond acceptors (Lipinski definition) is 3. The first-order valence-electron chi connectivity index (χ1n) is 10.0. The molecule has 0 saturated carbocycles. The van der Waals surface area contributed by atoms with Gasteiger partial charge in [-0.05, 0) is 82.2 Å². The molecule has 1 unspecified atom stereocenters. The molecule has 1 atom stereocenters. The third-order valence-electron chi connectivity index (χ3n) is 6.07. The van der Waals surface area contributed by atoms with Gasteiger partial charge in [0.05, 0.1) is 11.4 Å². The quantitative estimate of drug-likeness (QED) is 0.817. The number of nitrogen functional groups attached to an aromatic ring is 1. The van der Waals surface area contributed by atoms with Crippen molar-refractivity contribution in [2.24, 2.45) is 5.92 Å². The van der Waals surface area contributed by atoms with Gasteiger partial charge in [-0.2, -0.15) is 0 Å². The van der Waals surface area contributed by atoms with Crippen LogP contribution in [0.5, 0.6) is 0 Å². The molecule has 2 aliphatic heterocycles. The van der Waals surface area contributed by atoms with E-state index in [4.69, 9.17) is 5.73 Å². The molecular weight excluding hydrogens is 294 g/mol. The highest BCUT2D eigenvalue weighted by Crippen LogP contribution is 2.29. The average molecular weight is 330 g/mol. The molecule has 24 heavy (non-hydrogen) atoms. The first-order chi connectivity index (χ1) is 11.6. The molecule has 2 aliphatic rings. The summed E-state index contributed by atoms with van der Waals surface area (Å²) in [5, 5.41) is 0.